The highest BCUT2D eigenvalue weighted by Gasteiger charge is 2.27. The molecule has 0 spiro atoms. The molecule has 2 rings (SSSR count). The fourth-order valence-electron chi connectivity index (χ4n) is 2.62. The van der Waals surface area contributed by atoms with E-state index in [4.69, 9.17) is 0 Å². The second-order valence-corrected chi connectivity index (χ2v) is 4.92. The number of nitrogens with one attached hydrogen (secondary N) is 1. The van der Waals surface area contributed by atoms with Gasteiger partial charge in [0.05, 0.1) is 6.04 Å². The molecule has 2 saturated heterocycles. The highest BCUT2D eigenvalue weighted by molar-refractivity contribution is 5.82. The van der Waals surface area contributed by atoms with Crippen LogP contribution in [0.2, 0.25) is 0 Å². The first-order chi connectivity index (χ1) is 8.31. The molecule has 4 heteroatoms. The number of nitrogens with zero attached hydrogens (tertiary/aromatic N) is 2. The van der Waals surface area contributed by atoms with E-state index in [-0.39, 0.29) is 6.04 Å². The molecule has 2 aliphatic heterocycles. The lowest BCUT2D eigenvalue weighted by Gasteiger charge is -2.36. The largest absolute Gasteiger partial charge is 0.339 e. The highest BCUT2D eigenvalue weighted by Crippen LogP contribution is 2.11. The molecule has 0 aromatic rings. The van der Waals surface area contributed by atoms with Crippen molar-refractivity contribution in [3.63, 3.8) is 0 Å². The minimum atomic E-state index is 0.0784. The van der Waals surface area contributed by atoms with Crippen molar-refractivity contribution in [1.29, 1.82) is 0 Å². The van der Waals surface area contributed by atoms with Gasteiger partial charge in [-0.25, -0.2) is 0 Å². The molecule has 96 valence electrons. The number of piperidine rings is 1. The Labute approximate surface area is 104 Å². The maximum absolute atomic E-state index is 12.2. The van der Waals surface area contributed by atoms with Gasteiger partial charge < -0.3 is 10.2 Å². The van der Waals surface area contributed by atoms with Crippen molar-refractivity contribution in [1.82, 2.24) is 15.1 Å². The first kappa shape index (κ1) is 12.6. The molecule has 2 heterocycles. The van der Waals surface area contributed by atoms with Crippen molar-refractivity contribution in [3.05, 3.63) is 12.7 Å². The number of carbonyl (C=O) groups excluding carboxylic acids is 1. The van der Waals surface area contributed by atoms with Crippen LogP contribution in [0.5, 0.6) is 0 Å². The Hall–Kier alpha value is -0.870. The van der Waals surface area contributed by atoms with Crippen LogP contribution in [-0.2, 0) is 4.79 Å². The van der Waals surface area contributed by atoms with Crippen molar-refractivity contribution >= 4 is 5.91 Å². The van der Waals surface area contributed by atoms with Crippen LogP contribution >= 0.6 is 0 Å². The SMILES string of the molecule is C=CCN1CCN(C(=O)[C@@H]2CCCCN2)CC1. The van der Waals surface area contributed by atoms with Crippen LogP contribution in [0.25, 0.3) is 0 Å². The van der Waals surface area contributed by atoms with E-state index in [2.05, 4.69) is 16.8 Å². The third-order valence-corrected chi connectivity index (χ3v) is 3.68. The van der Waals surface area contributed by atoms with Crippen molar-refractivity contribution in [2.24, 2.45) is 0 Å². The van der Waals surface area contributed by atoms with Crippen LogP contribution in [0.3, 0.4) is 0 Å². The Morgan fingerprint density at radius 2 is 2.06 bits per heavy atom. The van der Waals surface area contributed by atoms with Crippen molar-refractivity contribution in [3.8, 4) is 0 Å². The zero-order valence-electron chi connectivity index (χ0n) is 10.5. The fraction of sp³-hybridized carbons (Fsp3) is 0.769. The van der Waals surface area contributed by atoms with Crippen molar-refractivity contribution < 1.29 is 4.79 Å². The van der Waals surface area contributed by atoms with Gasteiger partial charge in [0.1, 0.15) is 0 Å². The summed E-state index contributed by atoms with van der Waals surface area (Å²) >= 11 is 0. The summed E-state index contributed by atoms with van der Waals surface area (Å²) in [4.78, 5) is 16.6. The van der Waals surface area contributed by atoms with Gasteiger partial charge in [0.15, 0.2) is 0 Å². The monoisotopic (exact) mass is 237 g/mol. The Kier molecular flexibility index (Phi) is 4.57. The molecule has 2 fully saturated rings. The van der Waals surface area contributed by atoms with Gasteiger partial charge in [-0.2, -0.15) is 0 Å². The predicted octanol–water partition coefficient (Wildman–Crippen LogP) is 0.459. The Morgan fingerprint density at radius 3 is 2.65 bits per heavy atom. The summed E-state index contributed by atoms with van der Waals surface area (Å²) in [5.74, 6) is 0.308. The van der Waals surface area contributed by atoms with Gasteiger partial charge in [-0.1, -0.05) is 12.5 Å². The molecule has 0 aromatic carbocycles. The molecule has 0 saturated carbocycles. The normalized spacial score (nSPS) is 26.8. The van der Waals surface area contributed by atoms with Gasteiger partial charge in [-0.15, -0.1) is 6.58 Å². The first-order valence-electron chi connectivity index (χ1n) is 6.66. The lowest BCUT2D eigenvalue weighted by atomic mass is 10.0. The van der Waals surface area contributed by atoms with E-state index in [0.29, 0.717) is 5.91 Å². The van der Waals surface area contributed by atoms with E-state index in [1.807, 2.05) is 11.0 Å². The van der Waals surface area contributed by atoms with Crippen LogP contribution in [-0.4, -0.2) is 61.0 Å². The van der Waals surface area contributed by atoms with Crippen LogP contribution in [0, 0.1) is 0 Å². The number of rotatable bonds is 3. The van der Waals surface area contributed by atoms with Gasteiger partial charge in [-0.3, -0.25) is 9.69 Å². The van der Waals surface area contributed by atoms with E-state index in [9.17, 15) is 4.79 Å². The smallest absolute Gasteiger partial charge is 0.239 e. The Morgan fingerprint density at radius 1 is 1.29 bits per heavy atom. The lowest BCUT2D eigenvalue weighted by Crippen LogP contribution is -2.54. The maximum atomic E-state index is 12.2. The number of hydrogen-bond donors (Lipinski definition) is 1. The third kappa shape index (κ3) is 3.30. The predicted molar refractivity (Wildman–Crippen MR) is 68.9 cm³/mol. The van der Waals surface area contributed by atoms with Gasteiger partial charge in [0, 0.05) is 32.7 Å². The van der Waals surface area contributed by atoms with Crippen LogP contribution in [0.1, 0.15) is 19.3 Å². The molecule has 1 amide bonds. The fourth-order valence-corrected chi connectivity index (χ4v) is 2.62. The van der Waals surface area contributed by atoms with Crippen LogP contribution in [0.4, 0.5) is 0 Å². The highest BCUT2D eigenvalue weighted by atomic mass is 16.2. The molecule has 2 aliphatic rings. The number of piperazine rings is 1. The number of carbonyl (C=O) groups is 1. The minimum Gasteiger partial charge on any atom is -0.339 e. The zero-order chi connectivity index (χ0) is 12.1. The molecule has 0 aromatic heterocycles. The van der Waals surface area contributed by atoms with Gasteiger partial charge in [0.2, 0.25) is 5.91 Å². The first-order valence-corrected chi connectivity index (χ1v) is 6.66. The number of amides is 1. The summed E-state index contributed by atoms with van der Waals surface area (Å²) in [5, 5.41) is 3.33. The molecular weight excluding hydrogens is 214 g/mol. The van der Waals surface area contributed by atoms with Crippen LogP contribution < -0.4 is 5.32 Å². The van der Waals surface area contributed by atoms with E-state index in [0.717, 1.165) is 45.7 Å². The Bertz CT molecular complexity index is 266. The molecule has 1 atom stereocenters. The lowest BCUT2D eigenvalue weighted by molar-refractivity contribution is -0.135. The topological polar surface area (TPSA) is 35.6 Å². The van der Waals surface area contributed by atoms with Crippen LogP contribution in [0.15, 0.2) is 12.7 Å². The minimum absolute atomic E-state index is 0.0784. The van der Waals surface area contributed by atoms with E-state index >= 15 is 0 Å². The molecule has 4 nitrogen and oxygen atoms in total. The maximum Gasteiger partial charge on any atom is 0.239 e. The Balaban J connectivity index is 1.79. The van der Waals surface area contributed by atoms with E-state index < -0.39 is 0 Å². The molecule has 0 bridgehead atoms. The van der Waals surface area contributed by atoms with Crippen molar-refractivity contribution in [2.75, 3.05) is 39.3 Å². The average Bonchev–Trinajstić information content (AvgIpc) is 2.40. The van der Waals surface area contributed by atoms with Crippen molar-refractivity contribution in [2.45, 2.75) is 25.3 Å². The average molecular weight is 237 g/mol. The van der Waals surface area contributed by atoms with E-state index in [1.165, 1.54) is 12.8 Å². The summed E-state index contributed by atoms with van der Waals surface area (Å²) in [6.07, 6.45) is 5.32. The summed E-state index contributed by atoms with van der Waals surface area (Å²) in [6.45, 7) is 9.36. The molecule has 0 radical (unpaired) electrons. The van der Waals surface area contributed by atoms with Gasteiger partial charge >= 0.3 is 0 Å². The standard InChI is InChI=1S/C13H23N3O/c1-2-7-15-8-10-16(11-9-15)13(17)12-5-3-4-6-14-12/h2,12,14H,1,3-11H2/t12-/m0/s1. The second-order valence-electron chi connectivity index (χ2n) is 4.92. The zero-order valence-corrected chi connectivity index (χ0v) is 10.5. The van der Waals surface area contributed by atoms with Gasteiger partial charge in [0.25, 0.3) is 0 Å². The third-order valence-electron chi connectivity index (χ3n) is 3.68. The summed E-state index contributed by atoms with van der Waals surface area (Å²) in [5.41, 5.74) is 0. The molecule has 17 heavy (non-hydrogen) atoms. The second kappa shape index (κ2) is 6.17. The quantitative estimate of drug-likeness (QED) is 0.724. The summed E-state index contributed by atoms with van der Waals surface area (Å²) in [6, 6.07) is 0.0784. The number of hydrogen-bond acceptors (Lipinski definition) is 3. The van der Waals surface area contributed by atoms with E-state index in [1.54, 1.807) is 0 Å². The molecule has 0 aliphatic carbocycles. The summed E-state index contributed by atoms with van der Waals surface area (Å²) < 4.78 is 0. The molecule has 1 N–H and O–H groups in total. The summed E-state index contributed by atoms with van der Waals surface area (Å²) in [7, 11) is 0. The molecule has 0 unspecified atom stereocenters. The molecular formula is C13H23N3O. The van der Waals surface area contributed by atoms with Gasteiger partial charge in [-0.05, 0) is 19.4 Å².